The summed E-state index contributed by atoms with van der Waals surface area (Å²) in [5.74, 6) is -2.87. The highest BCUT2D eigenvalue weighted by molar-refractivity contribution is 6.42. The molecule has 0 radical (unpaired) electrons. The minimum Gasteiger partial charge on any atom is -0.465 e. The number of amides is 1. The fourth-order valence-electron chi connectivity index (χ4n) is 2.06. The van der Waals surface area contributed by atoms with Crippen LogP contribution in [0, 0.1) is 5.92 Å². The van der Waals surface area contributed by atoms with E-state index in [1.54, 1.807) is 6.92 Å². The molecule has 1 aromatic rings. The molecule has 0 N–H and O–H groups in total. The number of nitrogens with zero attached hydrogens (tertiary/aromatic N) is 1. The van der Waals surface area contributed by atoms with E-state index in [0.29, 0.717) is 6.54 Å². The number of esters is 1. The second-order valence-electron chi connectivity index (χ2n) is 4.34. The van der Waals surface area contributed by atoms with Crippen LogP contribution in [0.25, 0.3) is 0 Å². The average Bonchev–Trinajstić information content (AvgIpc) is 2.69. The molecule has 1 aliphatic rings. The number of likely N-dealkylation sites (tertiary alicyclic amines) is 1. The van der Waals surface area contributed by atoms with Crippen LogP contribution >= 0.6 is 0 Å². The number of rotatable bonds is 4. The lowest BCUT2D eigenvalue weighted by molar-refractivity contribution is -0.151. The number of ether oxygens (including phenoxy) is 1. The number of hydrogen-bond acceptors (Lipinski definition) is 4. The molecule has 1 atom stereocenters. The van der Waals surface area contributed by atoms with Gasteiger partial charge in [0.1, 0.15) is 5.92 Å². The second kappa shape index (κ2) is 5.65. The first-order chi connectivity index (χ1) is 9.13. The van der Waals surface area contributed by atoms with Gasteiger partial charge in [0.15, 0.2) is 0 Å². The smallest absolute Gasteiger partial charge is 0.318 e. The van der Waals surface area contributed by atoms with Crippen LogP contribution in [0.15, 0.2) is 30.3 Å². The maximum Gasteiger partial charge on any atom is 0.318 e. The SMILES string of the molecule is CCOC(=O)[C@@H]1CN(Cc2ccccc2)C(=O)C1=O. The zero-order valence-corrected chi connectivity index (χ0v) is 10.7. The summed E-state index contributed by atoms with van der Waals surface area (Å²) in [6, 6.07) is 9.34. The molecule has 0 bridgehead atoms. The van der Waals surface area contributed by atoms with Gasteiger partial charge in [0.05, 0.1) is 6.61 Å². The van der Waals surface area contributed by atoms with E-state index < -0.39 is 23.6 Å². The first-order valence-corrected chi connectivity index (χ1v) is 6.17. The maximum atomic E-state index is 11.8. The summed E-state index contributed by atoms with van der Waals surface area (Å²) in [6.45, 7) is 2.31. The summed E-state index contributed by atoms with van der Waals surface area (Å²) in [5.41, 5.74) is 0.924. The van der Waals surface area contributed by atoms with Crippen molar-refractivity contribution in [2.24, 2.45) is 5.92 Å². The molecule has 0 unspecified atom stereocenters. The Kier molecular flexibility index (Phi) is 3.94. The van der Waals surface area contributed by atoms with E-state index in [-0.39, 0.29) is 13.2 Å². The summed E-state index contributed by atoms with van der Waals surface area (Å²) in [5, 5.41) is 0. The van der Waals surface area contributed by atoms with Crippen molar-refractivity contribution in [1.82, 2.24) is 4.90 Å². The zero-order valence-electron chi connectivity index (χ0n) is 10.7. The summed E-state index contributed by atoms with van der Waals surface area (Å²) in [6.07, 6.45) is 0. The minimum atomic E-state index is -0.976. The third-order valence-corrected chi connectivity index (χ3v) is 3.00. The molecule has 1 heterocycles. The van der Waals surface area contributed by atoms with Gasteiger partial charge in [0.2, 0.25) is 5.78 Å². The molecule has 1 aromatic carbocycles. The van der Waals surface area contributed by atoms with Crippen molar-refractivity contribution >= 4 is 17.7 Å². The Hall–Kier alpha value is -2.17. The zero-order chi connectivity index (χ0) is 13.8. The molecule has 1 saturated heterocycles. The fraction of sp³-hybridized carbons (Fsp3) is 0.357. The van der Waals surface area contributed by atoms with E-state index >= 15 is 0 Å². The molecule has 0 spiro atoms. The van der Waals surface area contributed by atoms with E-state index in [2.05, 4.69) is 0 Å². The van der Waals surface area contributed by atoms with Crippen molar-refractivity contribution in [1.29, 1.82) is 0 Å². The third-order valence-electron chi connectivity index (χ3n) is 3.00. The number of hydrogen-bond donors (Lipinski definition) is 0. The van der Waals surface area contributed by atoms with Crippen LogP contribution in [0.1, 0.15) is 12.5 Å². The average molecular weight is 261 g/mol. The molecule has 0 aromatic heterocycles. The molecule has 5 nitrogen and oxygen atoms in total. The van der Waals surface area contributed by atoms with Crippen molar-refractivity contribution in [3.8, 4) is 0 Å². The normalized spacial score (nSPS) is 18.8. The minimum absolute atomic E-state index is 0.103. The van der Waals surface area contributed by atoms with Crippen molar-refractivity contribution < 1.29 is 19.1 Å². The second-order valence-corrected chi connectivity index (χ2v) is 4.34. The Morgan fingerprint density at radius 3 is 2.63 bits per heavy atom. The van der Waals surface area contributed by atoms with Crippen LogP contribution in [-0.2, 0) is 25.7 Å². The molecule has 1 aliphatic heterocycles. The summed E-state index contributed by atoms with van der Waals surface area (Å²) < 4.78 is 4.80. The van der Waals surface area contributed by atoms with E-state index in [9.17, 15) is 14.4 Å². The summed E-state index contributed by atoms with van der Waals surface area (Å²) in [7, 11) is 0. The molecule has 1 amide bonds. The quantitative estimate of drug-likeness (QED) is 0.456. The van der Waals surface area contributed by atoms with Crippen molar-refractivity contribution in [2.45, 2.75) is 13.5 Å². The van der Waals surface area contributed by atoms with Gasteiger partial charge < -0.3 is 9.64 Å². The van der Waals surface area contributed by atoms with Crippen molar-refractivity contribution in [3.63, 3.8) is 0 Å². The molecule has 5 heteroatoms. The van der Waals surface area contributed by atoms with Gasteiger partial charge in [0, 0.05) is 13.1 Å². The lowest BCUT2D eigenvalue weighted by atomic mass is 10.1. The van der Waals surface area contributed by atoms with Gasteiger partial charge in [-0.05, 0) is 12.5 Å². The van der Waals surface area contributed by atoms with Gasteiger partial charge in [-0.2, -0.15) is 0 Å². The highest BCUT2D eigenvalue weighted by Gasteiger charge is 2.43. The summed E-state index contributed by atoms with van der Waals surface area (Å²) in [4.78, 5) is 36.5. The lowest BCUT2D eigenvalue weighted by Gasteiger charge is -2.15. The van der Waals surface area contributed by atoms with Gasteiger partial charge in [0.25, 0.3) is 5.91 Å². The van der Waals surface area contributed by atoms with Gasteiger partial charge in [-0.3, -0.25) is 14.4 Å². The molecular formula is C14H15NO4. The first kappa shape index (κ1) is 13.3. The highest BCUT2D eigenvalue weighted by atomic mass is 16.5. The Morgan fingerprint density at radius 1 is 1.32 bits per heavy atom. The van der Waals surface area contributed by atoms with E-state index in [4.69, 9.17) is 4.74 Å². The molecule has 1 fully saturated rings. The number of carbonyl (C=O) groups excluding carboxylic acids is 3. The predicted molar refractivity (Wildman–Crippen MR) is 67.0 cm³/mol. The summed E-state index contributed by atoms with van der Waals surface area (Å²) >= 11 is 0. The monoisotopic (exact) mass is 261 g/mol. The van der Waals surface area contributed by atoms with Gasteiger partial charge in [-0.1, -0.05) is 30.3 Å². The van der Waals surface area contributed by atoms with Crippen LogP contribution in [0.5, 0.6) is 0 Å². The molecule has 0 saturated carbocycles. The lowest BCUT2D eigenvalue weighted by Crippen LogP contribution is -2.26. The number of Topliss-reactive ketones (excluding diaryl/α,β-unsaturated/α-hetero) is 1. The Balaban J connectivity index is 2.06. The van der Waals surface area contributed by atoms with Crippen LogP contribution in [0.4, 0.5) is 0 Å². The Bertz CT molecular complexity index is 497. The standard InChI is InChI=1S/C14H15NO4/c1-2-19-14(18)11-9-15(13(17)12(11)16)8-10-6-4-3-5-7-10/h3-7,11H,2,8-9H2,1H3/t11-/m1/s1. The Morgan fingerprint density at radius 2 is 2.00 bits per heavy atom. The molecular weight excluding hydrogens is 246 g/mol. The molecule has 19 heavy (non-hydrogen) atoms. The van der Waals surface area contributed by atoms with Gasteiger partial charge in [-0.25, -0.2) is 0 Å². The van der Waals surface area contributed by atoms with Crippen LogP contribution in [0.2, 0.25) is 0 Å². The Labute approximate surface area is 111 Å². The number of benzene rings is 1. The predicted octanol–water partition coefficient (Wildman–Crippen LogP) is 0.777. The molecule has 2 rings (SSSR count). The highest BCUT2D eigenvalue weighted by Crippen LogP contribution is 2.18. The van der Waals surface area contributed by atoms with Crippen LogP contribution in [0.3, 0.4) is 0 Å². The number of carbonyl (C=O) groups is 3. The van der Waals surface area contributed by atoms with Crippen molar-refractivity contribution in [2.75, 3.05) is 13.2 Å². The van der Waals surface area contributed by atoms with Crippen LogP contribution in [-0.4, -0.2) is 35.7 Å². The number of ketones is 1. The van der Waals surface area contributed by atoms with E-state index in [0.717, 1.165) is 5.56 Å². The molecule has 100 valence electrons. The maximum absolute atomic E-state index is 11.8. The fourth-order valence-corrected chi connectivity index (χ4v) is 2.06. The first-order valence-electron chi connectivity index (χ1n) is 6.17. The largest absolute Gasteiger partial charge is 0.465 e. The topological polar surface area (TPSA) is 63.7 Å². The van der Waals surface area contributed by atoms with Crippen molar-refractivity contribution in [3.05, 3.63) is 35.9 Å². The van der Waals surface area contributed by atoms with E-state index in [1.807, 2.05) is 30.3 Å². The van der Waals surface area contributed by atoms with Crippen LogP contribution < -0.4 is 0 Å². The van der Waals surface area contributed by atoms with Gasteiger partial charge >= 0.3 is 5.97 Å². The van der Waals surface area contributed by atoms with E-state index in [1.165, 1.54) is 4.90 Å². The third kappa shape index (κ3) is 2.81. The van der Waals surface area contributed by atoms with Gasteiger partial charge in [-0.15, -0.1) is 0 Å². The molecule has 0 aliphatic carbocycles.